The van der Waals surface area contributed by atoms with Gasteiger partial charge in [0.2, 0.25) is 11.8 Å². The minimum Gasteiger partial charge on any atom is -0.352 e. The third-order valence-corrected chi connectivity index (χ3v) is 9.85. The van der Waals surface area contributed by atoms with Crippen LogP contribution in [0.25, 0.3) is 0 Å². The van der Waals surface area contributed by atoms with E-state index in [0.717, 1.165) is 42.1 Å². The smallest absolute Gasteiger partial charge is 0.264 e. The first kappa shape index (κ1) is 31.1. The molecule has 0 bridgehead atoms. The number of amides is 2. The first-order chi connectivity index (χ1) is 19.5. The zero-order chi connectivity index (χ0) is 29.7. The normalized spacial score (nSPS) is 14.5. The van der Waals surface area contributed by atoms with Crippen molar-refractivity contribution < 1.29 is 22.4 Å². The van der Waals surface area contributed by atoms with E-state index < -0.39 is 34.3 Å². The molecule has 0 aliphatic heterocycles. The van der Waals surface area contributed by atoms with Crippen molar-refractivity contribution >= 4 is 62.3 Å². The van der Waals surface area contributed by atoms with Gasteiger partial charge in [-0.15, -0.1) is 0 Å². The maximum Gasteiger partial charge on any atom is 0.264 e. The predicted molar refractivity (Wildman–Crippen MR) is 159 cm³/mol. The Kier molecular flexibility index (Phi) is 10.2. The summed E-state index contributed by atoms with van der Waals surface area (Å²) in [4.78, 5) is 28.5. The van der Waals surface area contributed by atoms with E-state index in [9.17, 15) is 22.4 Å². The highest BCUT2D eigenvalue weighted by atomic mass is 35.5. The summed E-state index contributed by atoms with van der Waals surface area (Å²) in [5.41, 5.74) is 0.388. The highest BCUT2D eigenvalue weighted by Crippen LogP contribution is 2.30. The molecule has 1 N–H and O–H groups in total. The molecule has 1 saturated carbocycles. The van der Waals surface area contributed by atoms with E-state index in [1.54, 1.807) is 43.3 Å². The van der Waals surface area contributed by atoms with Crippen molar-refractivity contribution in [3.8, 4) is 0 Å². The number of halogens is 4. The molecule has 3 aromatic carbocycles. The van der Waals surface area contributed by atoms with Gasteiger partial charge in [-0.25, -0.2) is 12.8 Å². The number of sulfonamides is 1. The van der Waals surface area contributed by atoms with E-state index in [1.165, 1.54) is 23.1 Å². The number of benzene rings is 3. The Morgan fingerprint density at radius 1 is 0.951 bits per heavy atom. The van der Waals surface area contributed by atoms with Gasteiger partial charge in [-0.05, 0) is 62.2 Å². The molecule has 1 fully saturated rings. The van der Waals surface area contributed by atoms with Crippen LogP contribution in [0.5, 0.6) is 0 Å². The van der Waals surface area contributed by atoms with Gasteiger partial charge >= 0.3 is 0 Å². The molecule has 1 atom stereocenters. The van der Waals surface area contributed by atoms with Gasteiger partial charge in [0.05, 0.1) is 15.6 Å². The van der Waals surface area contributed by atoms with Crippen LogP contribution in [0.2, 0.25) is 15.1 Å². The largest absolute Gasteiger partial charge is 0.352 e. The zero-order valence-electron chi connectivity index (χ0n) is 22.2. The third kappa shape index (κ3) is 7.33. The van der Waals surface area contributed by atoms with E-state index >= 15 is 0 Å². The molecule has 0 radical (unpaired) electrons. The molecule has 1 aliphatic rings. The van der Waals surface area contributed by atoms with Crippen molar-refractivity contribution in [3.63, 3.8) is 0 Å². The number of anilines is 1. The third-order valence-electron chi connectivity index (χ3n) is 7.06. The summed E-state index contributed by atoms with van der Waals surface area (Å²) in [6.45, 7) is 0.708. The number of rotatable bonds is 10. The first-order valence-electron chi connectivity index (χ1n) is 13.0. The molecule has 218 valence electrons. The molecule has 1 aliphatic carbocycles. The minimum absolute atomic E-state index is 0.00196. The molecule has 0 saturated heterocycles. The van der Waals surface area contributed by atoms with Crippen LogP contribution in [0, 0.1) is 5.82 Å². The van der Waals surface area contributed by atoms with Crippen LogP contribution < -0.4 is 9.62 Å². The Morgan fingerprint density at radius 3 is 2.20 bits per heavy atom. The molecule has 0 aromatic heterocycles. The molecule has 2 amide bonds. The average Bonchev–Trinajstić information content (AvgIpc) is 3.46. The van der Waals surface area contributed by atoms with E-state index in [-0.39, 0.29) is 44.1 Å². The Bertz CT molecular complexity index is 1500. The van der Waals surface area contributed by atoms with E-state index in [0.29, 0.717) is 5.56 Å². The van der Waals surface area contributed by atoms with Crippen LogP contribution in [0.1, 0.15) is 38.2 Å². The van der Waals surface area contributed by atoms with Crippen molar-refractivity contribution in [2.75, 3.05) is 10.8 Å². The highest BCUT2D eigenvalue weighted by Gasteiger charge is 2.34. The van der Waals surface area contributed by atoms with Crippen molar-refractivity contribution in [1.82, 2.24) is 10.2 Å². The fourth-order valence-electron chi connectivity index (χ4n) is 4.72. The van der Waals surface area contributed by atoms with E-state index in [1.807, 2.05) is 0 Å². The highest BCUT2D eigenvalue weighted by molar-refractivity contribution is 7.92. The molecule has 12 heteroatoms. The van der Waals surface area contributed by atoms with Crippen molar-refractivity contribution in [3.05, 3.63) is 93.2 Å². The standard InChI is InChI=1S/C29H29Cl3FN3O4S/c1-19(29(38)34-20-8-5-6-9-20)35(17-23-24(30)12-7-13-25(23)31)28(37)18-36(21-14-15-27(33)26(32)16-21)41(39,40)22-10-3-2-4-11-22/h2-4,7,10-16,19-20H,5-6,8-9,17-18H2,1H3,(H,34,38)/t19-/m1/s1. The van der Waals surface area contributed by atoms with E-state index in [4.69, 9.17) is 34.8 Å². The zero-order valence-corrected chi connectivity index (χ0v) is 25.3. The van der Waals surface area contributed by atoms with Crippen LogP contribution in [-0.2, 0) is 26.2 Å². The van der Waals surface area contributed by atoms with Crippen LogP contribution in [0.3, 0.4) is 0 Å². The number of hydrogen-bond donors (Lipinski definition) is 1. The van der Waals surface area contributed by atoms with Crippen LogP contribution in [0.4, 0.5) is 10.1 Å². The molecule has 4 rings (SSSR count). The van der Waals surface area contributed by atoms with E-state index in [2.05, 4.69) is 5.32 Å². The van der Waals surface area contributed by atoms with Crippen molar-refractivity contribution in [2.24, 2.45) is 0 Å². The molecule has 3 aromatic rings. The summed E-state index contributed by atoms with van der Waals surface area (Å²) < 4.78 is 42.4. The Balaban J connectivity index is 1.73. The molecular weight excluding hydrogens is 612 g/mol. The van der Waals surface area contributed by atoms with Crippen molar-refractivity contribution in [1.29, 1.82) is 0 Å². The monoisotopic (exact) mass is 639 g/mol. The molecule has 0 heterocycles. The molecule has 0 spiro atoms. The SMILES string of the molecule is C[C@H](C(=O)NC1CCCC1)N(Cc1c(Cl)cccc1Cl)C(=O)CN(c1ccc(F)c(Cl)c1)S(=O)(=O)c1ccccc1. The first-order valence-corrected chi connectivity index (χ1v) is 15.6. The summed E-state index contributed by atoms with van der Waals surface area (Å²) in [5.74, 6) is -1.82. The Hall–Kier alpha value is -2.85. The fourth-order valence-corrected chi connectivity index (χ4v) is 6.84. The minimum atomic E-state index is -4.31. The van der Waals surface area contributed by atoms with Crippen LogP contribution >= 0.6 is 34.8 Å². The summed E-state index contributed by atoms with van der Waals surface area (Å²) in [6, 6.07) is 14.8. The second-order valence-electron chi connectivity index (χ2n) is 9.81. The van der Waals surface area contributed by atoms with Crippen molar-refractivity contribution in [2.45, 2.75) is 56.1 Å². The summed E-state index contributed by atoms with van der Waals surface area (Å²) in [7, 11) is -4.31. The maximum atomic E-state index is 14.0. The van der Waals surface area contributed by atoms with Gasteiger partial charge < -0.3 is 10.2 Å². The van der Waals surface area contributed by atoms with Crippen LogP contribution in [0.15, 0.2) is 71.6 Å². The Labute approximate surface area is 254 Å². The van der Waals surface area contributed by atoms with Gasteiger partial charge in [-0.2, -0.15) is 0 Å². The lowest BCUT2D eigenvalue weighted by atomic mass is 10.1. The molecule has 7 nitrogen and oxygen atoms in total. The lowest BCUT2D eigenvalue weighted by molar-refractivity contribution is -0.139. The predicted octanol–water partition coefficient (Wildman–Crippen LogP) is 6.46. The molecular formula is C29H29Cl3FN3O4S. The summed E-state index contributed by atoms with van der Waals surface area (Å²) in [5, 5.41) is 3.26. The number of hydrogen-bond acceptors (Lipinski definition) is 4. The van der Waals surface area contributed by atoms with Gasteiger partial charge in [-0.3, -0.25) is 13.9 Å². The lowest BCUT2D eigenvalue weighted by Crippen LogP contribution is -2.52. The quantitative estimate of drug-likeness (QED) is 0.276. The number of carbonyl (C=O) groups excluding carboxylic acids is 2. The van der Waals surface area contributed by atoms with Gasteiger partial charge in [0.15, 0.2) is 0 Å². The van der Waals surface area contributed by atoms with Gasteiger partial charge in [0.25, 0.3) is 10.0 Å². The van der Waals surface area contributed by atoms with Gasteiger partial charge in [0, 0.05) is 28.2 Å². The summed E-state index contributed by atoms with van der Waals surface area (Å²) >= 11 is 18.8. The summed E-state index contributed by atoms with van der Waals surface area (Å²) in [6.07, 6.45) is 3.70. The molecule has 0 unspecified atom stereocenters. The number of nitrogens with one attached hydrogen (secondary N) is 1. The van der Waals surface area contributed by atoms with Gasteiger partial charge in [-0.1, -0.05) is 71.9 Å². The topological polar surface area (TPSA) is 86.8 Å². The second kappa shape index (κ2) is 13.4. The fraction of sp³-hybridized carbons (Fsp3) is 0.310. The van der Waals surface area contributed by atoms with Gasteiger partial charge in [0.1, 0.15) is 18.4 Å². The lowest BCUT2D eigenvalue weighted by Gasteiger charge is -2.33. The average molecular weight is 641 g/mol. The second-order valence-corrected chi connectivity index (χ2v) is 12.9. The number of carbonyl (C=O) groups is 2. The number of nitrogens with zero attached hydrogens (tertiary/aromatic N) is 2. The molecule has 41 heavy (non-hydrogen) atoms. The van der Waals surface area contributed by atoms with Crippen LogP contribution in [-0.4, -0.2) is 43.8 Å². The maximum absolute atomic E-state index is 14.0. The Morgan fingerprint density at radius 2 is 1.59 bits per heavy atom.